The van der Waals surface area contributed by atoms with Gasteiger partial charge in [0.05, 0.1) is 29.3 Å². The van der Waals surface area contributed by atoms with Crippen LogP contribution in [-0.4, -0.2) is 69.5 Å². The molecule has 2 atom stereocenters. The summed E-state index contributed by atoms with van der Waals surface area (Å²) in [7, 11) is -3.37. The number of hydrogen-bond acceptors (Lipinski definition) is 7. The smallest absolute Gasteiger partial charge is 0.387 e. The largest absolute Gasteiger partial charge is 0.435 e. The van der Waals surface area contributed by atoms with E-state index in [1.54, 1.807) is 0 Å². The van der Waals surface area contributed by atoms with Gasteiger partial charge in [0.2, 0.25) is 16.0 Å². The number of hydrogen-bond donors (Lipinski definition) is 2. The zero-order chi connectivity index (χ0) is 24.0. The van der Waals surface area contributed by atoms with Gasteiger partial charge in [-0.3, -0.25) is 0 Å². The fourth-order valence-corrected chi connectivity index (χ4v) is 5.95. The maximum atomic E-state index is 14.5. The van der Waals surface area contributed by atoms with Crippen molar-refractivity contribution in [1.29, 1.82) is 0 Å². The van der Waals surface area contributed by atoms with Gasteiger partial charge in [-0.25, -0.2) is 22.3 Å². The number of benzene rings is 1. The van der Waals surface area contributed by atoms with Crippen LogP contribution in [0.1, 0.15) is 19.3 Å². The first-order valence-electron chi connectivity index (χ1n) is 10.8. The molecule has 1 aliphatic heterocycles. The highest BCUT2D eigenvalue weighted by Gasteiger charge is 2.43. The molecule has 182 valence electrons. The molecule has 1 saturated heterocycles. The van der Waals surface area contributed by atoms with Gasteiger partial charge in [-0.1, -0.05) is 0 Å². The number of fused-ring (bicyclic) bond motifs is 1. The minimum Gasteiger partial charge on any atom is -0.435 e. The molecule has 13 heteroatoms. The number of piperidine rings is 1. The lowest BCUT2D eigenvalue weighted by Gasteiger charge is -2.35. The van der Waals surface area contributed by atoms with Crippen molar-refractivity contribution >= 4 is 21.5 Å². The molecule has 0 bridgehead atoms. The van der Waals surface area contributed by atoms with Gasteiger partial charge in [-0.15, -0.1) is 5.10 Å². The third-order valence-corrected chi connectivity index (χ3v) is 8.37. The van der Waals surface area contributed by atoms with Crippen LogP contribution in [0.25, 0.3) is 16.8 Å². The van der Waals surface area contributed by atoms with Crippen molar-refractivity contribution in [3.63, 3.8) is 0 Å². The van der Waals surface area contributed by atoms with Crippen LogP contribution in [-0.2, 0) is 10.0 Å². The predicted octanol–water partition coefficient (Wildman–Crippen LogP) is 2.48. The van der Waals surface area contributed by atoms with E-state index >= 15 is 0 Å². The fourth-order valence-electron chi connectivity index (χ4n) is 4.08. The third-order valence-electron chi connectivity index (χ3n) is 6.01. The quantitative estimate of drug-likeness (QED) is 0.516. The average Bonchev–Trinajstić information content (AvgIpc) is 3.61. The molecule has 34 heavy (non-hydrogen) atoms. The fraction of sp³-hybridized carbons (Fsp3) is 0.429. The Hall–Kier alpha value is -2.90. The maximum Gasteiger partial charge on any atom is 0.387 e. The van der Waals surface area contributed by atoms with Gasteiger partial charge in [0, 0.05) is 24.7 Å². The highest BCUT2D eigenvalue weighted by Crippen LogP contribution is 2.33. The van der Waals surface area contributed by atoms with E-state index in [1.165, 1.54) is 45.3 Å². The van der Waals surface area contributed by atoms with Gasteiger partial charge < -0.3 is 15.2 Å². The summed E-state index contributed by atoms with van der Waals surface area (Å²) < 4.78 is 71.1. The topological polar surface area (TPSA) is 109 Å². The van der Waals surface area contributed by atoms with Gasteiger partial charge in [0.25, 0.3) is 0 Å². The van der Waals surface area contributed by atoms with Crippen LogP contribution in [0.3, 0.4) is 0 Å². The number of ether oxygens (including phenoxy) is 1. The second-order valence-corrected chi connectivity index (χ2v) is 10.6. The first-order chi connectivity index (χ1) is 16.2. The molecule has 5 rings (SSSR count). The summed E-state index contributed by atoms with van der Waals surface area (Å²) in [6.45, 7) is -2.70. The summed E-state index contributed by atoms with van der Waals surface area (Å²) in [5.74, 6) is -0.460. The SMILES string of the molecule is O=S(=O)(C1CC1)N1CC[C@@H](Nc2ncc3c(F)cc(-c4ccc(OC(F)F)cc4)n3n2)[C@H](O)C1. The molecule has 2 N–H and O–H groups in total. The van der Waals surface area contributed by atoms with Crippen molar-refractivity contribution in [3.8, 4) is 17.0 Å². The van der Waals surface area contributed by atoms with Crippen LogP contribution < -0.4 is 10.1 Å². The standard InChI is InChI=1S/C21H22F3N5O4S/c22-15-9-17(12-1-3-13(4-2-12)33-20(23)24)29-18(15)10-25-21(27-29)26-16-7-8-28(11-19(16)30)34(31,32)14-5-6-14/h1-4,9-10,14,16,19-20,30H,5-8,11H2,(H,26,27)/t16-,19-/m1/s1. The molecule has 2 aliphatic rings. The number of aromatic nitrogens is 3. The Morgan fingerprint density at radius 1 is 1.18 bits per heavy atom. The molecule has 1 saturated carbocycles. The van der Waals surface area contributed by atoms with E-state index in [2.05, 4.69) is 20.1 Å². The van der Waals surface area contributed by atoms with Crippen molar-refractivity contribution in [3.05, 3.63) is 42.3 Å². The zero-order valence-corrected chi connectivity index (χ0v) is 18.6. The van der Waals surface area contributed by atoms with E-state index in [1.807, 2.05) is 0 Å². The Morgan fingerprint density at radius 2 is 1.91 bits per heavy atom. The number of nitrogens with zero attached hydrogens (tertiary/aromatic N) is 4. The second kappa shape index (κ2) is 8.71. The van der Waals surface area contributed by atoms with Crippen molar-refractivity contribution in [2.24, 2.45) is 0 Å². The van der Waals surface area contributed by atoms with Gasteiger partial charge in [0.1, 0.15) is 11.3 Å². The van der Waals surface area contributed by atoms with E-state index in [0.717, 1.165) is 0 Å². The number of nitrogens with one attached hydrogen (secondary N) is 1. The summed E-state index contributed by atoms with van der Waals surface area (Å²) in [5, 5.41) is 17.6. The molecule has 1 aliphatic carbocycles. The number of aliphatic hydroxyl groups is 1. The molecule has 1 aromatic carbocycles. The van der Waals surface area contributed by atoms with E-state index in [4.69, 9.17) is 0 Å². The molecule has 0 radical (unpaired) electrons. The Bertz CT molecular complexity index is 1300. The van der Waals surface area contributed by atoms with Gasteiger partial charge in [-0.05, 0) is 43.5 Å². The first kappa shape index (κ1) is 22.9. The van der Waals surface area contributed by atoms with E-state index in [9.17, 15) is 26.7 Å². The summed E-state index contributed by atoms with van der Waals surface area (Å²) >= 11 is 0. The lowest BCUT2D eigenvalue weighted by Crippen LogP contribution is -2.52. The van der Waals surface area contributed by atoms with Crippen molar-refractivity contribution in [1.82, 2.24) is 18.9 Å². The van der Waals surface area contributed by atoms with Crippen LogP contribution >= 0.6 is 0 Å². The predicted molar refractivity (Wildman–Crippen MR) is 117 cm³/mol. The number of rotatable bonds is 7. The van der Waals surface area contributed by atoms with Crippen molar-refractivity contribution < 1.29 is 31.4 Å². The molecular weight excluding hydrogens is 475 g/mol. The monoisotopic (exact) mass is 497 g/mol. The summed E-state index contributed by atoms with van der Waals surface area (Å²) in [5.41, 5.74) is 0.996. The molecule has 3 heterocycles. The first-order valence-corrected chi connectivity index (χ1v) is 12.3. The summed E-state index contributed by atoms with van der Waals surface area (Å²) in [6, 6.07) is 6.48. The van der Waals surface area contributed by atoms with E-state index < -0.39 is 34.6 Å². The second-order valence-electron chi connectivity index (χ2n) is 8.37. The van der Waals surface area contributed by atoms with E-state index in [0.29, 0.717) is 30.5 Å². The lowest BCUT2D eigenvalue weighted by atomic mass is 10.0. The lowest BCUT2D eigenvalue weighted by molar-refractivity contribution is -0.0498. The zero-order valence-electron chi connectivity index (χ0n) is 17.8. The maximum absolute atomic E-state index is 14.5. The van der Waals surface area contributed by atoms with Crippen molar-refractivity contribution in [2.45, 2.75) is 43.3 Å². The number of halogens is 3. The van der Waals surface area contributed by atoms with Gasteiger partial charge >= 0.3 is 6.61 Å². The molecule has 9 nitrogen and oxygen atoms in total. The number of aliphatic hydroxyl groups excluding tert-OH is 1. The molecular formula is C21H22F3N5O4S. The average molecular weight is 497 g/mol. The van der Waals surface area contributed by atoms with E-state index in [-0.39, 0.29) is 35.6 Å². The van der Waals surface area contributed by atoms with Crippen molar-refractivity contribution in [2.75, 3.05) is 18.4 Å². The highest BCUT2D eigenvalue weighted by molar-refractivity contribution is 7.90. The Kier molecular flexibility index (Phi) is 5.86. The number of β-amino-alcohol motifs (C(OH)–C–C–N with tert-alkyl or cyclic N) is 1. The molecule has 0 amide bonds. The molecule has 2 fully saturated rings. The minimum absolute atomic E-state index is 0.0187. The van der Waals surface area contributed by atoms with Crippen LogP contribution in [0.5, 0.6) is 5.75 Å². The number of sulfonamides is 1. The normalized spacial score (nSPS) is 21.8. The summed E-state index contributed by atoms with van der Waals surface area (Å²) in [4.78, 5) is 4.13. The minimum atomic E-state index is -3.37. The molecule has 0 unspecified atom stereocenters. The highest BCUT2D eigenvalue weighted by atomic mass is 32.2. The van der Waals surface area contributed by atoms with Crippen LogP contribution in [0.2, 0.25) is 0 Å². The Labute approximate surface area is 193 Å². The Morgan fingerprint density at radius 3 is 2.56 bits per heavy atom. The third kappa shape index (κ3) is 4.42. The van der Waals surface area contributed by atoms with Crippen LogP contribution in [0.15, 0.2) is 36.5 Å². The van der Waals surface area contributed by atoms with Crippen LogP contribution in [0.4, 0.5) is 19.1 Å². The summed E-state index contributed by atoms with van der Waals surface area (Å²) in [6.07, 6.45) is 1.99. The number of alkyl halides is 2. The molecule has 3 aromatic rings. The molecule has 0 spiro atoms. The van der Waals surface area contributed by atoms with Crippen LogP contribution in [0, 0.1) is 5.82 Å². The number of anilines is 1. The van der Waals surface area contributed by atoms with Gasteiger partial charge in [-0.2, -0.15) is 13.1 Å². The molecule has 2 aromatic heterocycles. The Balaban J connectivity index is 1.35. The van der Waals surface area contributed by atoms with Gasteiger partial charge in [0.15, 0.2) is 5.82 Å².